The lowest BCUT2D eigenvalue weighted by Gasteiger charge is -2.29. The Morgan fingerprint density at radius 2 is 2.12 bits per heavy atom. The minimum atomic E-state index is -0.804. The van der Waals surface area contributed by atoms with Crippen molar-refractivity contribution in [3.63, 3.8) is 0 Å². The number of anilines is 1. The number of carboxylic acids is 1. The fraction of sp³-hybridized carbons (Fsp3) is 0.353. The lowest BCUT2D eigenvalue weighted by molar-refractivity contribution is -0.143. The third kappa shape index (κ3) is 4.54. The molecule has 0 aliphatic carbocycles. The first kappa shape index (κ1) is 17.3. The molecule has 2 amide bonds. The second kappa shape index (κ2) is 7.60. The van der Waals surface area contributed by atoms with Crippen molar-refractivity contribution in [1.82, 2.24) is 9.88 Å². The number of aliphatic carboxylic acids is 1. The van der Waals surface area contributed by atoms with Gasteiger partial charge in [-0.15, -0.1) is 11.3 Å². The zero-order valence-corrected chi connectivity index (χ0v) is 14.3. The van der Waals surface area contributed by atoms with Crippen LogP contribution in [0, 0.1) is 11.7 Å². The largest absolute Gasteiger partial charge is 0.481 e. The average molecular weight is 363 g/mol. The van der Waals surface area contributed by atoms with E-state index in [9.17, 15) is 14.0 Å². The van der Waals surface area contributed by atoms with Crippen molar-refractivity contribution in [2.45, 2.75) is 19.3 Å². The molecular weight excluding hydrogens is 345 g/mol. The summed E-state index contributed by atoms with van der Waals surface area (Å²) in [5.74, 6) is -1.45. The quantitative estimate of drug-likeness (QED) is 0.874. The second-order valence-electron chi connectivity index (χ2n) is 5.97. The Labute approximate surface area is 148 Å². The number of aromatic nitrogens is 1. The highest BCUT2D eigenvalue weighted by atomic mass is 32.1. The number of carboxylic acid groups (broad SMARTS) is 1. The van der Waals surface area contributed by atoms with E-state index in [1.807, 2.05) is 6.07 Å². The van der Waals surface area contributed by atoms with Crippen molar-refractivity contribution in [2.24, 2.45) is 5.92 Å². The number of amides is 2. The number of carbonyl (C=O) groups is 2. The molecule has 1 aromatic heterocycles. The Morgan fingerprint density at radius 3 is 2.80 bits per heavy atom. The van der Waals surface area contributed by atoms with Crippen molar-refractivity contribution in [3.8, 4) is 0 Å². The monoisotopic (exact) mass is 363 g/mol. The molecule has 3 rings (SSSR count). The Kier molecular flexibility index (Phi) is 5.28. The van der Waals surface area contributed by atoms with Crippen LogP contribution < -0.4 is 5.32 Å². The van der Waals surface area contributed by atoms with Gasteiger partial charge in [-0.3, -0.25) is 10.1 Å². The van der Waals surface area contributed by atoms with Crippen LogP contribution in [0.3, 0.4) is 0 Å². The first-order chi connectivity index (χ1) is 12.0. The molecule has 1 fully saturated rings. The molecule has 0 bridgehead atoms. The molecule has 0 spiro atoms. The summed E-state index contributed by atoms with van der Waals surface area (Å²) >= 11 is 1.35. The Bertz CT molecular complexity index is 772. The van der Waals surface area contributed by atoms with Gasteiger partial charge in [-0.05, 0) is 30.5 Å². The van der Waals surface area contributed by atoms with Crippen LogP contribution in [0.15, 0.2) is 30.5 Å². The SMILES string of the molecule is O=C(O)C1CCN(C(=O)Nc2ncc(Cc3cccc(F)c3)s2)CC1. The summed E-state index contributed by atoms with van der Waals surface area (Å²) < 4.78 is 13.2. The summed E-state index contributed by atoms with van der Waals surface area (Å²) in [5, 5.41) is 12.2. The lowest BCUT2D eigenvalue weighted by atomic mass is 9.97. The van der Waals surface area contributed by atoms with Crippen LogP contribution >= 0.6 is 11.3 Å². The van der Waals surface area contributed by atoms with Gasteiger partial charge in [0.25, 0.3) is 0 Å². The van der Waals surface area contributed by atoms with Gasteiger partial charge in [-0.2, -0.15) is 0 Å². The second-order valence-corrected chi connectivity index (χ2v) is 7.08. The van der Waals surface area contributed by atoms with Crippen molar-refractivity contribution in [2.75, 3.05) is 18.4 Å². The summed E-state index contributed by atoms with van der Waals surface area (Å²) in [6.07, 6.45) is 3.15. The van der Waals surface area contributed by atoms with Crippen LogP contribution in [0.1, 0.15) is 23.3 Å². The number of hydrogen-bond donors (Lipinski definition) is 2. The van der Waals surface area contributed by atoms with Gasteiger partial charge in [0.05, 0.1) is 5.92 Å². The fourth-order valence-electron chi connectivity index (χ4n) is 2.80. The normalized spacial score (nSPS) is 15.2. The molecule has 0 unspecified atom stereocenters. The highest BCUT2D eigenvalue weighted by Gasteiger charge is 2.27. The lowest BCUT2D eigenvalue weighted by Crippen LogP contribution is -2.42. The van der Waals surface area contributed by atoms with E-state index in [1.165, 1.54) is 23.5 Å². The topological polar surface area (TPSA) is 82.5 Å². The van der Waals surface area contributed by atoms with Gasteiger partial charge >= 0.3 is 12.0 Å². The van der Waals surface area contributed by atoms with E-state index >= 15 is 0 Å². The number of nitrogens with zero attached hydrogens (tertiary/aromatic N) is 2. The Balaban J connectivity index is 1.54. The molecular formula is C17H18FN3O3S. The van der Waals surface area contributed by atoms with E-state index in [-0.39, 0.29) is 17.8 Å². The predicted molar refractivity (Wildman–Crippen MR) is 92.3 cm³/mol. The van der Waals surface area contributed by atoms with E-state index in [4.69, 9.17) is 5.11 Å². The van der Waals surface area contributed by atoms with Gasteiger partial charge in [-0.1, -0.05) is 12.1 Å². The molecule has 1 aromatic carbocycles. The number of urea groups is 1. The predicted octanol–water partition coefficient (Wildman–Crippen LogP) is 3.20. The minimum Gasteiger partial charge on any atom is -0.481 e. The van der Waals surface area contributed by atoms with Gasteiger partial charge in [0.2, 0.25) is 0 Å². The molecule has 1 aliphatic heterocycles. The van der Waals surface area contributed by atoms with E-state index in [1.54, 1.807) is 17.2 Å². The summed E-state index contributed by atoms with van der Waals surface area (Å²) in [6.45, 7) is 0.842. The molecule has 2 aromatic rings. The van der Waals surface area contributed by atoms with Crippen LogP contribution in [0.25, 0.3) is 0 Å². The first-order valence-electron chi connectivity index (χ1n) is 7.99. The summed E-state index contributed by atoms with van der Waals surface area (Å²) in [6, 6.07) is 6.11. The van der Waals surface area contributed by atoms with Crippen molar-refractivity contribution < 1.29 is 19.1 Å². The fourth-order valence-corrected chi connectivity index (χ4v) is 3.63. The minimum absolute atomic E-state index is 0.268. The third-order valence-electron chi connectivity index (χ3n) is 4.17. The number of hydrogen-bond acceptors (Lipinski definition) is 4. The van der Waals surface area contributed by atoms with E-state index < -0.39 is 5.97 Å². The molecule has 0 atom stereocenters. The number of carbonyl (C=O) groups excluding carboxylic acids is 1. The molecule has 0 saturated carbocycles. The number of benzene rings is 1. The number of halogens is 1. The summed E-state index contributed by atoms with van der Waals surface area (Å²) in [5.41, 5.74) is 0.845. The number of thiazole rings is 1. The molecule has 2 heterocycles. The molecule has 6 nitrogen and oxygen atoms in total. The highest BCUT2D eigenvalue weighted by molar-refractivity contribution is 7.15. The average Bonchev–Trinajstić information content (AvgIpc) is 3.01. The van der Waals surface area contributed by atoms with Gasteiger partial charge in [0.1, 0.15) is 5.82 Å². The van der Waals surface area contributed by atoms with Gasteiger partial charge in [0, 0.05) is 30.6 Å². The summed E-state index contributed by atoms with van der Waals surface area (Å²) in [4.78, 5) is 29.9. The maximum Gasteiger partial charge on any atom is 0.323 e. The Morgan fingerprint density at radius 1 is 1.36 bits per heavy atom. The summed E-state index contributed by atoms with van der Waals surface area (Å²) in [7, 11) is 0. The molecule has 1 aliphatic rings. The molecule has 1 saturated heterocycles. The molecule has 25 heavy (non-hydrogen) atoms. The van der Waals surface area contributed by atoms with Gasteiger partial charge < -0.3 is 10.0 Å². The van der Waals surface area contributed by atoms with E-state index in [0.717, 1.165) is 10.4 Å². The first-order valence-corrected chi connectivity index (χ1v) is 8.81. The zero-order chi connectivity index (χ0) is 17.8. The highest BCUT2D eigenvalue weighted by Crippen LogP contribution is 2.23. The maximum absolute atomic E-state index is 13.2. The molecule has 8 heteroatoms. The van der Waals surface area contributed by atoms with E-state index in [2.05, 4.69) is 10.3 Å². The molecule has 2 N–H and O–H groups in total. The Hall–Kier alpha value is -2.48. The van der Waals surface area contributed by atoms with Crippen molar-refractivity contribution in [1.29, 1.82) is 0 Å². The van der Waals surface area contributed by atoms with Gasteiger partial charge in [0.15, 0.2) is 5.13 Å². The molecule has 0 radical (unpaired) electrons. The van der Waals surface area contributed by atoms with Gasteiger partial charge in [-0.25, -0.2) is 14.2 Å². The number of likely N-dealkylation sites (tertiary alicyclic amines) is 1. The standard InChI is InChI=1S/C17H18FN3O3S/c18-13-3-1-2-11(8-13)9-14-10-19-16(25-14)20-17(24)21-6-4-12(5-7-21)15(22)23/h1-3,8,10,12H,4-7,9H2,(H,22,23)(H,19,20,24). The smallest absolute Gasteiger partial charge is 0.323 e. The zero-order valence-electron chi connectivity index (χ0n) is 13.4. The van der Waals surface area contributed by atoms with Crippen molar-refractivity contribution in [3.05, 3.63) is 46.7 Å². The van der Waals surface area contributed by atoms with Crippen LogP contribution in [0.5, 0.6) is 0 Å². The van der Waals surface area contributed by atoms with Crippen molar-refractivity contribution >= 4 is 28.5 Å². The third-order valence-corrected chi connectivity index (χ3v) is 5.08. The van der Waals surface area contributed by atoms with Crippen LogP contribution in [-0.2, 0) is 11.2 Å². The molecule has 132 valence electrons. The van der Waals surface area contributed by atoms with E-state index in [0.29, 0.717) is 37.5 Å². The number of piperidine rings is 1. The maximum atomic E-state index is 13.2. The van der Waals surface area contributed by atoms with Crippen LogP contribution in [0.2, 0.25) is 0 Å². The van der Waals surface area contributed by atoms with Crippen LogP contribution in [0.4, 0.5) is 14.3 Å². The number of nitrogens with one attached hydrogen (secondary N) is 1. The number of rotatable bonds is 4. The van der Waals surface area contributed by atoms with Crippen LogP contribution in [-0.4, -0.2) is 40.1 Å².